The third-order valence-corrected chi connectivity index (χ3v) is 4.70. The van der Waals surface area contributed by atoms with Gasteiger partial charge in [0, 0.05) is 24.5 Å². The number of ether oxygens (including phenoxy) is 1. The summed E-state index contributed by atoms with van der Waals surface area (Å²) in [6.07, 6.45) is 9.03. The van der Waals surface area contributed by atoms with Crippen molar-refractivity contribution in [3.63, 3.8) is 0 Å². The molecular formula is C23H28N6O2. The summed E-state index contributed by atoms with van der Waals surface area (Å²) in [5, 5.41) is 8.96. The SMILES string of the molecule is CCC[C@H](Nc1cncc(-c2ccc(NC(=O)NCC)c(OC)c2)n1)c1cccnc1. The van der Waals surface area contributed by atoms with Gasteiger partial charge in [0.05, 0.1) is 36.9 Å². The van der Waals surface area contributed by atoms with E-state index in [-0.39, 0.29) is 12.1 Å². The molecule has 0 unspecified atom stereocenters. The fourth-order valence-electron chi connectivity index (χ4n) is 3.23. The van der Waals surface area contributed by atoms with Crippen LogP contribution >= 0.6 is 0 Å². The van der Waals surface area contributed by atoms with Gasteiger partial charge in [0.25, 0.3) is 0 Å². The average Bonchev–Trinajstić information content (AvgIpc) is 2.80. The number of pyridine rings is 1. The summed E-state index contributed by atoms with van der Waals surface area (Å²) in [5.74, 6) is 1.23. The van der Waals surface area contributed by atoms with Gasteiger partial charge in [-0.3, -0.25) is 9.97 Å². The van der Waals surface area contributed by atoms with Crippen LogP contribution in [0.25, 0.3) is 11.3 Å². The second kappa shape index (κ2) is 10.9. The van der Waals surface area contributed by atoms with Crippen LogP contribution in [0.4, 0.5) is 16.3 Å². The molecule has 0 spiro atoms. The summed E-state index contributed by atoms with van der Waals surface area (Å²) >= 11 is 0. The van der Waals surface area contributed by atoms with Crippen molar-refractivity contribution in [1.82, 2.24) is 20.3 Å². The summed E-state index contributed by atoms with van der Waals surface area (Å²) < 4.78 is 5.46. The number of hydrogen-bond acceptors (Lipinski definition) is 6. The Kier molecular flexibility index (Phi) is 7.75. The van der Waals surface area contributed by atoms with Crippen LogP contribution in [-0.2, 0) is 0 Å². The molecule has 0 aliphatic rings. The van der Waals surface area contributed by atoms with Crippen LogP contribution in [0.2, 0.25) is 0 Å². The van der Waals surface area contributed by atoms with E-state index in [0.717, 1.165) is 24.0 Å². The monoisotopic (exact) mass is 420 g/mol. The Hall–Kier alpha value is -3.68. The summed E-state index contributed by atoms with van der Waals surface area (Å²) in [5.41, 5.74) is 3.23. The molecule has 0 fully saturated rings. The highest BCUT2D eigenvalue weighted by Crippen LogP contribution is 2.31. The van der Waals surface area contributed by atoms with Crippen molar-refractivity contribution in [2.45, 2.75) is 32.7 Å². The van der Waals surface area contributed by atoms with Crippen molar-refractivity contribution < 1.29 is 9.53 Å². The zero-order valence-corrected chi connectivity index (χ0v) is 18.1. The number of carbonyl (C=O) groups excluding carboxylic acids is 1. The van der Waals surface area contributed by atoms with Gasteiger partial charge in [-0.1, -0.05) is 25.5 Å². The fraction of sp³-hybridized carbons (Fsp3) is 0.304. The first-order chi connectivity index (χ1) is 15.1. The van der Waals surface area contributed by atoms with E-state index in [2.05, 4.69) is 38.9 Å². The van der Waals surface area contributed by atoms with Crippen LogP contribution in [0.3, 0.4) is 0 Å². The molecule has 0 aliphatic carbocycles. The molecule has 3 N–H and O–H groups in total. The molecule has 0 saturated heterocycles. The maximum Gasteiger partial charge on any atom is 0.319 e. The Morgan fingerprint density at radius 3 is 2.71 bits per heavy atom. The van der Waals surface area contributed by atoms with Gasteiger partial charge < -0.3 is 20.7 Å². The minimum absolute atomic E-state index is 0.0986. The standard InChI is InChI=1S/C23H28N6O2/c1-4-7-18(17-8-6-11-24-13-17)27-22-15-25-14-20(28-22)16-9-10-19(21(12-16)31-3)29-23(30)26-5-2/h6,8-15,18H,4-5,7H2,1-3H3,(H,27,28)(H2,26,29,30)/t18-/m0/s1. The summed E-state index contributed by atoms with van der Waals surface area (Å²) in [4.78, 5) is 25.2. The van der Waals surface area contributed by atoms with E-state index in [9.17, 15) is 4.79 Å². The summed E-state index contributed by atoms with van der Waals surface area (Å²) in [6.45, 7) is 4.55. The lowest BCUT2D eigenvalue weighted by Crippen LogP contribution is -2.28. The van der Waals surface area contributed by atoms with Crippen molar-refractivity contribution in [2.75, 3.05) is 24.3 Å². The van der Waals surface area contributed by atoms with Crippen molar-refractivity contribution in [3.8, 4) is 17.0 Å². The quantitative estimate of drug-likeness (QED) is 0.466. The number of benzene rings is 1. The molecule has 0 saturated carbocycles. The van der Waals surface area contributed by atoms with Crippen LogP contribution in [0.15, 0.2) is 55.1 Å². The van der Waals surface area contributed by atoms with E-state index >= 15 is 0 Å². The van der Waals surface area contributed by atoms with Crippen LogP contribution < -0.4 is 20.7 Å². The Morgan fingerprint density at radius 1 is 1.13 bits per heavy atom. The van der Waals surface area contributed by atoms with Crippen LogP contribution in [0.1, 0.15) is 38.3 Å². The topological polar surface area (TPSA) is 101 Å². The molecule has 0 radical (unpaired) electrons. The van der Waals surface area contributed by atoms with Crippen LogP contribution in [0.5, 0.6) is 5.75 Å². The Labute approximate surface area is 182 Å². The van der Waals surface area contributed by atoms with Gasteiger partial charge in [0.1, 0.15) is 11.6 Å². The van der Waals surface area contributed by atoms with Gasteiger partial charge in [0.15, 0.2) is 0 Å². The molecule has 3 aromatic rings. The average molecular weight is 421 g/mol. The Morgan fingerprint density at radius 2 is 2.00 bits per heavy atom. The van der Waals surface area contributed by atoms with Crippen LogP contribution in [-0.4, -0.2) is 34.6 Å². The zero-order valence-electron chi connectivity index (χ0n) is 18.1. The normalized spacial score (nSPS) is 11.5. The minimum atomic E-state index is -0.281. The third-order valence-electron chi connectivity index (χ3n) is 4.70. The van der Waals surface area contributed by atoms with Crippen molar-refractivity contribution >= 4 is 17.5 Å². The maximum atomic E-state index is 11.8. The van der Waals surface area contributed by atoms with E-state index in [1.165, 1.54) is 0 Å². The molecule has 8 nitrogen and oxygen atoms in total. The second-order valence-corrected chi connectivity index (χ2v) is 6.96. The molecule has 0 bridgehead atoms. The number of methoxy groups -OCH3 is 1. The van der Waals surface area contributed by atoms with E-state index in [1.807, 2.05) is 31.3 Å². The first kappa shape index (κ1) is 22.0. The molecule has 2 aromatic heterocycles. The zero-order chi connectivity index (χ0) is 22.1. The lowest BCUT2D eigenvalue weighted by Gasteiger charge is -2.19. The van der Waals surface area contributed by atoms with Crippen molar-refractivity contribution in [2.24, 2.45) is 0 Å². The minimum Gasteiger partial charge on any atom is -0.495 e. The second-order valence-electron chi connectivity index (χ2n) is 6.96. The Balaban J connectivity index is 1.82. The molecule has 2 heterocycles. The van der Waals surface area contributed by atoms with E-state index in [0.29, 0.717) is 29.5 Å². The molecule has 0 aliphatic heterocycles. The first-order valence-corrected chi connectivity index (χ1v) is 10.4. The van der Waals surface area contributed by atoms with Gasteiger partial charge in [-0.2, -0.15) is 0 Å². The van der Waals surface area contributed by atoms with Crippen molar-refractivity contribution in [3.05, 3.63) is 60.7 Å². The number of rotatable bonds is 9. The largest absolute Gasteiger partial charge is 0.495 e. The highest BCUT2D eigenvalue weighted by molar-refractivity contribution is 5.91. The molecular weight excluding hydrogens is 392 g/mol. The van der Waals surface area contributed by atoms with Gasteiger partial charge in [-0.05, 0) is 37.1 Å². The summed E-state index contributed by atoms with van der Waals surface area (Å²) in [7, 11) is 1.56. The molecule has 162 valence electrons. The van der Waals surface area contributed by atoms with E-state index in [1.54, 1.807) is 31.8 Å². The number of urea groups is 1. The van der Waals surface area contributed by atoms with E-state index < -0.39 is 0 Å². The number of amides is 2. The van der Waals surface area contributed by atoms with Gasteiger partial charge in [-0.25, -0.2) is 9.78 Å². The number of anilines is 2. The molecule has 1 aromatic carbocycles. The fourth-order valence-corrected chi connectivity index (χ4v) is 3.23. The smallest absolute Gasteiger partial charge is 0.319 e. The highest BCUT2D eigenvalue weighted by atomic mass is 16.5. The third kappa shape index (κ3) is 5.91. The number of hydrogen-bond donors (Lipinski definition) is 3. The highest BCUT2D eigenvalue weighted by Gasteiger charge is 2.13. The molecule has 2 amide bonds. The number of carbonyl (C=O) groups is 1. The van der Waals surface area contributed by atoms with E-state index in [4.69, 9.17) is 9.72 Å². The number of nitrogens with zero attached hydrogens (tertiary/aromatic N) is 3. The predicted molar refractivity (Wildman–Crippen MR) is 122 cm³/mol. The van der Waals surface area contributed by atoms with Gasteiger partial charge in [0.2, 0.25) is 0 Å². The lowest BCUT2D eigenvalue weighted by atomic mass is 10.0. The van der Waals surface area contributed by atoms with Gasteiger partial charge >= 0.3 is 6.03 Å². The lowest BCUT2D eigenvalue weighted by molar-refractivity contribution is 0.252. The summed E-state index contributed by atoms with van der Waals surface area (Å²) in [6, 6.07) is 9.31. The van der Waals surface area contributed by atoms with Crippen LogP contribution in [0, 0.1) is 0 Å². The van der Waals surface area contributed by atoms with Gasteiger partial charge in [-0.15, -0.1) is 0 Å². The molecule has 31 heavy (non-hydrogen) atoms. The maximum absolute atomic E-state index is 11.8. The Bertz CT molecular complexity index is 996. The molecule has 8 heteroatoms. The molecule has 3 rings (SSSR count). The predicted octanol–water partition coefficient (Wildman–Crippen LogP) is 4.64. The van der Waals surface area contributed by atoms with Crippen molar-refractivity contribution in [1.29, 1.82) is 0 Å². The first-order valence-electron chi connectivity index (χ1n) is 10.4. The number of aromatic nitrogens is 3. The molecule has 1 atom stereocenters. The number of nitrogens with one attached hydrogen (secondary N) is 3.